The minimum absolute atomic E-state index is 0.194. The van der Waals surface area contributed by atoms with E-state index in [2.05, 4.69) is 0 Å². The molecule has 0 radical (unpaired) electrons. The summed E-state index contributed by atoms with van der Waals surface area (Å²) in [5.41, 5.74) is 3.65. The number of carbonyl (C=O) groups excluding carboxylic acids is 1. The van der Waals surface area contributed by atoms with Gasteiger partial charge in [-0.1, -0.05) is 18.2 Å². The van der Waals surface area contributed by atoms with Crippen LogP contribution in [0.1, 0.15) is 16.7 Å². The number of hydrogen-bond donors (Lipinski definition) is 1. The Hall–Kier alpha value is -1.35. The van der Waals surface area contributed by atoms with E-state index in [-0.39, 0.29) is 5.91 Å². The molecule has 0 fully saturated rings. The molecule has 1 heterocycles. The van der Waals surface area contributed by atoms with E-state index < -0.39 is 6.61 Å². The first-order valence-corrected chi connectivity index (χ1v) is 4.68. The summed E-state index contributed by atoms with van der Waals surface area (Å²) in [7, 11) is 0. The minimum Gasteiger partial charge on any atom is -0.387 e. The van der Waals surface area contributed by atoms with Crippen molar-refractivity contribution in [3.63, 3.8) is 0 Å². The second-order valence-electron chi connectivity index (χ2n) is 3.62. The van der Waals surface area contributed by atoms with E-state index in [1.807, 2.05) is 25.1 Å². The van der Waals surface area contributed by atoms with Gasteiger partial charge >= 0.3 is 0 Å². The molecular weight excluding hydrogens is 178 g/mol. The fourth-order valence-electron chi connectivity index (χ4n) is 1.87. The van der Waals surface area contributed by atoms with Gasteiger partial charge in [0.25, 0.3) is 0 Å². The summed E-state index contributed by atoms with van der Waals surface area (Å²) in [5, 5.41) is 8.75. The lowest BCUT2D eigenvalue weighted by Crippen LogP contribution is -2.27. The molecule has 1 N–H and O–H groups in total. The van der Waals surface area contributed by atoms with Crippen LogP contribution in [0, 0.1) is 6.92 Å². The van der Waals surface area contributed by atoms with E-state index >= 15 is 0 Å². The third-order valence-corrected chi connectivity index (χ3v) is 2.71. The number of aliphatic hydroxyl groups excluding tert-OH is 1. The molecule has 3 nitrogen and oxygen atoms in total. The second-order valence-corrected chi connectivity index (χ2v) is 3.62. The maximum atomic E-state index is 11.3. The largest absolute Gasteiger partial charge is 0.387 e. The SMILES string of the molecule is Cc1cccc2c1CN(C(=O)CO)C2. The Bertz CT molecular complexity index is 374. The fourth-order valence-corrected chi connectivity index (χ4v) is 1.87. The zero-order valence-corrected chi connectivity index (χ0v) is 8.16. The van der Waals surface area contributed by atoms with E-state index in [1.165, 1.54) is 16.7 Å². The highest BCUT2D eigenvalue weighted by Crippen LogP contribution is 2.25. The third-order valence-electron chi connectivity index (χ3n) is 2.71. The summed E-state index contributed by atoms with van der Waals surface area (Å²) in [6.07, 6.45) is 0. The Labute approximate surface area is 83.0 Å². The van der Waals surface area contributed by atoms with Crippen LogP contribution < -0.4 is 0 Å². The van der Waals surface area contributed by atoms with Crippen LogP contribution in [-0.4, -0.2) is 22.5 Å². The molecule has 2 rings (SSSR count). The molecule has 1 aromatic carbocycles. The molecule has 0 aliphatic carbocycles. The van der Waals surface area contributed by atoms with Gasteiger partial charge < -0.3 is 10.0 Å². The molecule has 0 bridgehead atoms. The fraction of sp³-hybridized carbons (Fsp3) is 0.364. The molecule has 0 saturated heterocycles. The van der Waals surface area contributed by atoms with Crippen molar-refractivity contribution in [2.45, 2.75) is 20.0 Å². The Balaban J connectivity index is 2.26. The van der Waals surface area contributed by atoms with Crippen molar-refractivity contribution in [2.75, 3.05) is 6.61 Å². The van der Waals surface area contributed by atoms with Crippen molar-refractivity contribution in [1.29, 1.82) is 0 Å². The smallest absolute Gasteiger partial charge is 0.248 e. The number of rotatable bonds is 1. The monoisotopic (exact) mass is 191 g/mol. The van der Waals surface area contributed by atoms with Crippen LogP contribution in [0.4, 0.5) is 0 Å². The Kier molecular flexibility index (Phi) is 2.25. The van der Waals surface area contributed by atoms with Gasteiger partial charge in [0.2, 0.25) is 5.91 Å². The lowest BCUT2D eigenvalue weighted by atomic mass is 10.1. The highest BCUT2D eigenvalue weighted by molar-refractivity contribution is 5.78. The first kappa shape index (κ1) is 9.21. The molecule has 0 aromatic heterocycles. The standard InChI is InChI=1S/C11H13NO2/c1-8-3-2-4-9-5-12(6-10(8)9)11(14)7-13/h2-4,13H,5-7H2,1H3. The van der Waals surface area contributed by atoms with Crippen LogP contribution in [0.2, 0.25) is 0 Å². The summed E-state index contributed by atoms with van der Waals surface area (Å²) in [4.78, 5) is 12.9. The van der Waals surface area contributed by atoms with Crippen LogP contribution >= 0.6 is 0 Å². The van der Waals surface area contributed by atoms with Gasteiger partial charge in [0.1, 0.15) is 6.61 Å². The van der Waals surface area contributed by atoms with Crippen molar-refractivity contribution in [3.8, 4) is 0 Å². The summed E-state index contributed by atoms with van der Waals surface area (Å²) in [6.45, 7) is 2.93. The van der Waals surface area contributed by atoms with E-state index in [0.717, 1.165) is 0 Å². The lowest BCUT2D eigenvalue weighted by molar-refractivity contribution is -0.134. The summed E-state index contributed by atoms with van der Waals surface area (Å²) >= 11 is 0. The highest BCUT2D eigenvalue weighted by atomic mass is 16.3. The van der Waals surface area contributed by atoms with Crippen LogP contribution in [0.3, 0.4) is 0 Å². The summed E-state index contributed by atoms with van der Waals surface area (Å²) in [5.74, 6) is -0.194. The first-order valence-electron chi connectivity index (χ1n) is 4.68. The zero-order valence-electron chi connectivity index (χ0n) is 8.16. The van der Waals surface area contributed by atoms with Crippen LogP contribution in [-0.2, 0) is 17.9 Å². The number of fused-ring (bicyclic) bond motifs is 1. The van der Waals surface area contributed by atoms with Crippen molar-refractivity contribution < 1.29 is 9.90 Å². The first-order chi connectivity index (χ1) is 6.72. The van der Waals surface area contributed by atoms with Gasteiger partial charge in [-0.05, 0) is 23.6 Å². The second kappa shape index (κ2) is 3.42. The van der Waals surface area contributed by atoms with Gasteiger partial charge in [0.05, 0.1) is 0 Å². The van der Waals surface area contributed by atoms with Gasteiger partial charge in [-0.2, -0.15) is 0 Å². The highest BCUT2D eigenvalue weighted by Gasteiger charge is 2.23. The average molecular weight is 191 g/mol. The molecule has 1 aliphatic heterocycles. The topological polar surface area (TPSA) is 40.5 Å². The van der Waals surface area contributed by atoms with Crippen molar-refractivity contribution in [3.05, 3.63) is 34.9 Å². The van der Waals surface area contributed by atoms with E-state index in [9.17, 15) is 4.79 Å². The Morgan fingerprint density at radius 2 is 2.29 bits per heavy atom. The Morgan fingerprint density at radius 3 is 2.93 bits per heavy atom. The summed E-state index contributed by atoms with van der Waals surface area (Å²) < 4.78 is 0. The molecule has 3 heteroatoms. The zero-order chi connectivity index (χ0) is 10.1. The maximum Gasteiger partial charge on any atom is 0.248 e. The van der Waals surface area contributed by atoms with E-state index in [0.29, 0.717) is 13.1 Å². The molecule has 14 heavy (non-hydrogen) atoms. The van der Waals surface area contributed by atoms with Crippen molar-refractivity contribution in [1.82, 2.24) is 4.90 Å². The number of aryl methyl sites for hydroxylation is 1. The number of benzene rings is 1. The molecular formula is C11H13NO2. The van der Waals surface area contributed by atoms with Gasteiger partial charge in [0.15, 0.2) is 0 Å². The van der Waals surface area contributed by atoms with Gasteiger partial charge in [-0.25, -0.2) is 0 Å². The van der Waals surface area contributed by atoms with Gasteiger partial charge in [-0.3, -0.25) is 4.79 Å². The molecule has 74 valence electrons. The minimum atomic E-state index is -0.396. The normalized spacial score (nSPS) is 14.3. The molecule has 0 atom stereocenters. The van der Waals surface area contributed by atoms with Crippen molar-refractivity contribution >= 4 is 5.91 Å². The maximum absolute atomic E-state index is 11.3. The van der Waals surface area contributed by atoms with Gasteiger partial charge in [-0.15, -0.1) is 0 Å². The number of nitrogens with zero attached hydrogens (tertiary/aromatic N) is 1. The van der Waals surface area contributed by atoms with E-state index in [1.54, 1.807) is 4.90 Å². The number of hydrogen-bond acceptors (Lipinski definition) is 2. The lowest BCUT2D eigenvalue weighted by Gasteiger charge is -2.13. The predicted octanol–water partition coefficient (Wildman–Crippen LogP) is 0.830. The number of amides is 1. The van der Waals surface area contributed by atoms with E-state index in [4.69, 9.17) is 5.11 Å². The predicted molar refractivity (Wildman–Crippen MR) is 52.5 cm³/mol. The van der Waals surface area contributed by atoms with Crippen LogP contribution in [0.5, 0.6) is 0 Å². The number of carbonyl (C=O) groups is 1. The molecule has 0 spiro atoms. The van der Waals surface area contributed by atoms with Crippen LogP contribution in [0.25, 0.3) is 0 Å². The van der Waals surface area contributed by atoms with Crippen LogP contribution in [0.15, 0.2) is 18.2 Å². The molecule has 1 aliphatic rings. The molecule has 0 unspecified atom stereocenters. The summed E-state index contributed by atoms with van der Waals surface area (Å²) in [6, 6.07) is 6.08. The van der Waals surface area contributed by atoms with Gasteiger partial charge in [0, 0.05) is 13.1 Å². The molecule has 0 saturated carbocycles. The van der Waals surface area contributed by atoms with Crippen molar-refractivity contribution in [2.24, 2.45) is 0 Å². The number of aliphatic hydroxyl groups is 1. The third kappa shape index (κ3) is 1.40. The average Bonchev–Trinajstić information content (AvgIpc) is 2.62. The Morgan fingerprint density at radius 1 is 1.50 bits per heavy atom. The molecule has 1 aromatic rings. The molecule has 1 amide bonds. The quantitative estimate of drug-likeness (QED) is 0.714.